The number of aryl methyl sites for hydroxylation is 1. The van der Waals surface area contributed by atoms with Gasteiger partial charge in [0.15, 0.2) is 0 Å². The normalized spacial score (nSPS) is 22.9. The van der Waals surface area contributed by atoms with Crippen molar-refractivity contribution in [2.75, 3.05) is 6.54 Å². The number of nitrogens with zero attached hydrogens (tertiary/aromatic N) is 2. The lowest BCUT2D eigenvalue weighted by Crippen LogP contribution is -2.14. The highest BCUT2D eigenvalue weighted by atomic mass is 15.0. The van der Waals surface area contributed by atoms with Crippen LogP contribution in [0.2, 0.25) is 0 Å². The summed E-state index contributed by atoms with van der Waals surface area (Å²) in [7, 11) is 0. The van der Waals surface area contributed by atoms with E-state index in [9.17, 15) is 0 Å². The van der Waals surface area contributed by atoms with Crippen molar-refractivity contribution >= 4 is 0 Å². The molecule has 1 aromatic rings. The van der Waals surface area contributed by atoms with Crippen LogP contribution < -0.4 is 5.32 Å². The monoisotopic (exact) mass is 163 g/mol. The molecule has 0 unspecified atom stereocenters. The molecule has 0 spiro atoms. The van der Waals surface area contributed by atoms with Gasteiger partial charge in [-0.1, -0.05) is 0 Å². The van der Waals surface area contributed by atoms with Crippen LogP contribution in [0, 0.1) is 6.92 Å². The number of hydrogen-bond donors (Lipinski definition) is 1. The highest BCUT2D eigenvalue weighted by Gasteiger charge is 2.17. The summed E-state index contributed by atoms with van der Waals surface area (Å²) >= 11 is 0. The van der Waals surface area contributed by atoms with Crippen LogP contribution in [0.15, 0.2) is 12.4 Å². The maximum absolute atomic E-state index is 4.43. The minimum absolute atomic E-state index is 0.442. The lowest BCUT2D eigenvalue weighted by Gasteiger charge is -2.08. The zero-order valence-electron chi connectivity index (χ0n) is 7.25. The molecule has 0 amide bonds. The highest BCUT2D eigenvalue weighted by Crippen LogP contribution is 2.20. The van der Waals surface area contributed by atoms with E-state index < -0.39 is 0 Å². The van der Waals surface area contributed by atoms with Gasteiger partial charge in [0.05, 0.1) is 17.4 Å². The molecule has 1 saturated heterocycles. The molecule has 0 saturated carbocycles. The van der Waals surface area contributed by atoms with Crippen molar-refractivity contribution in [2.45, 2.75) is 25.8 Å². The number of hydrogen-bond acceptors (Lipinski definition) is 3. The summed E-state index contributed by atoms with van der Waals surface area (Å²) in [6, 6.07) is 0.442. The second-order valence-electron chi connectivity index (χ2n) is 3.23. The Balaban J connectivity index is 2.21. The fourth-order valence-electron chi connectivity index (χ4n) is 1.59. The van der Waals surface area contributed by atoms with Gasteiger partial charge in [0, 0.05) is 12.4 Å². The van der Waals surface area contributed by atoms with Crippen molar-refractivity contribution in [2.24, 2.45) is 0 Å². The quantitative estimate of drug-likeness (QED) is 0.676. The Morgan fingerprint density at radius 1 is 1.50 bits per heavy atom. The first-order valence-electron chi connectivity index (χ1n) is 4.38. The first-order chi connectivity index (χ1) is 5.86. The molecule has 1 aliphatic heterocycles. The average Bonchev–Trinajstić information content (AvgIpc) is 2.56. The van der Waals surface area contributed by atoms with Gasteiger partial charge >= 0.3 is 0 Å². The molecular weight excluding hydrogens is 150 g/mol. The molecule has 2 heterocycles. The molecule has 0 radical (unpaired) electrons. The summed E-state index contributed by atoms with van der Waals surface area (Å²) < 4.78 is 0. The van der Waals surface area contributed by atoms with Crippen LogP contribution in [0.25, 0.3) is 0 Å². The van der Waals surface area contributed by atoms with Gasteiger partial charge in [0.25, 0.3) is 0 Å². The van der Waals surface area contributed by atoms with Gasteiger partial charge in [-0.2, -0.15) is 0 Å². The van der Waals surface area contributed by atoms with Crippen LogP contribution in [0.1, 0.15) is 30.3 Å². The minimum Gasteiger partial charge on any atom is -0.309 e. The molecule has 3 nitrogen and oxygen atoms in total. The van der Waals surface area contributed by atoms with Crippen LogP contribution in [-0.4, -0.2) is 16.5 Å². The van der Waals surface area contributed by atoms with Crippen LogP contribution in [0.4, 0.5) is 0 Å². The maximum atomic E-state index is 4.43. The molecular formula is C9H13N3. The fourth-order valence-corrected chi connectivity index (χ4v) is 1.59. The van der Waals surface area contributed by atoms with E-state index in [1.165, 1.54) is 12.8 Å². The van der Waals surface area contributed by atoms with Gasteiger partial charge in [0.2, 0.25) is 0 Å². The summed E-state index contributed by atoms with van der Waals surface area (Å²) in [5, 5.41) is 3.40. The molecule has 1 atom stereocenters. The van der Waals surface area contributed by atoms with Crippen LogP contribution >= 0.6 is 0 Å². The third-order valence-corrected chi connectivity index (χ3v) is 2.19. The minimum atomic E-state index is 0.442. The number of nitrogens with one attached hydrogen (secondary N) is 1. The predicted molar refractivity (Wildman–Crippen MR) is 46.7 cm³/mol. The summed E-state index contributed by atoms with van der Waals surface area (Å²) in [6.07, 6.45) is 6.09. The molecule has 1 aliphatic rings. The van der Waals surface area contributed by atoms with Crippen molar-refractivity contribution < 1.29 is 0 Å². The molecule has 12 heavy (non-hydrogen) atoms. The molecule has 64 valence electrons. The predicted octanol–water partition coefficient (Wildman–Crippen LogP) is 1.21. The Bertz CT molecular complexity index is 266. The van der Waals surface area contributed by atoms with Crippen molar-refractivity contribution in [1.29, 1.82) is 0 Å². The van der Waals surface area contributed by atoms with E-state index in [1.807, 2.05) is 13.1 Å². The number of aromatic nitrogens is 2. The van der Waals surface area contributed by atoms with E-state index in [4.69, 9.17) is 0 Å². The summed E-state index contributed by atoms with van der Waals surface area (Å²) in [5.41, 5.74) is 2.09. The molecule has 1 fully saturated rings. The van der Waals surface area contributed by atoms with Crippen LogP contribution in [0.5, 0.6) is 0 Å². The van der Waals surface area contributed by atoms with E-state index in [0.717, 1.165) is 17.9 Å². The van der Waals surface area contributed by atoms with Gasteiger partial charge in [-0.15, -0.1) is 0 Å². The smallest absolute Gasteiger partial charge is 0.0759 e. The number of rotatable bonds is 1. The third kappa shape index (κ3) is 1.46. The average molecular weight is 163 g/mol. The molecule has 1 aromatic heterocycles. The molecule has 3 heteroatoms. The van der Waals surface area contributed by atoms with Gasteiger partial charge < -0.3 is 5.32 Å². The van der Waals surface area contributed by atoms with Crippen molar-refractivity contribution in [3.63, 3.8) is 0 Å². The van der Waals surface area contributed by atoms with Gasteiger partial charge in [-0.05, 0) is 26.3 Å². The highest BCUT2D eigenvalue weighted by molar-refractivity contribution is 5.07. The first kappa shape index (κ1) is 7.68. The first-order valence-corrected chi connectivity index (χ1v) is 4.38. The Hall–Kier alpha value is -0.960. The molecule has 1 N–H and O–H groups in total. The lowest BCUT2D eigenvalue weighted by atomic mass is 10.2. The Morgan fingerprint density at radius 3 is 3.08 bits per heavy atom. The molecule has 0 aliphatic carbocycles. The largest absolute Gasteiger partial charge is 0.309 e. The molecule has 0 bridgehead atoms. The second kappa shape index (κ2) is 3.19. The fraction of sp³-hybridized carbons (Fsp3) is 0.556. The standard InChI is InChI=1S/C9H13N3/c1-7-5-10-6-9(12-7)8-3-2-4-11-8/h5-6,8,11H,2-4H2,1H3/t8-/m1/s1. The van der Waals surface area contributed by atoms with E-state index in [1.54, 1.807) is 6.20 Å². The molecule has 0 aromatic carbocycles. The van der Waals surface area contributed by atoms with Gasteiger partial charge in [-0.25, -0.2) is 0 Å². The van der Waals surface area contributed by atoms with E-state index in [0.29, 0.717) is 6.04 Å². The third-order valence-electron chi connectivity index (χ3n) is 2.19. The zero-order chi connectivity index (χ0) is 8.39. The SMILES string of the molecule is Cc1cncc([C@H]2CCCN2)n1. The zero-order valence-corrected chi connectivity index (χ0v) is 7.25. The second-order valence-corrected chi connectivity index (χ2v) is 3.23. The van der Waals surface area contributed by atoms with Crippen molar-refractivity contribution in [3.8, 4) is 0 Å². The summed E-state index contributed by atoms with van der Waals surface area (Å²) in [6.45, 7) is 3.09. The van der Waals surface area contributed by atoms with E-state index >= 15 is 0 Å². The van der Waals surface area contributed by atoms with Crippen molar-refractivity contribution in [1.82, 2.24) is 15.3 Å². The van der Waals surface area contributed by atoms with Crippen LogP contribution in [-0.2, 0) is 0 Å². The Labute approximate surface area is 72.2 Å². The van der Waals surface area contributed by atoms with Crippen molar-refractivity contribution in [3.05, 3.63) is 23.8 Å². The summed E-state index contributed by atoms with van der Waals surface area (Å²) in [4.78, 5) is 8.56. The Kier molecular flexibility index (Phi) is 2.04. The van der Waals surface area contributed by atoms with Crippen LogP contribution in [0.3, 0.4) is 0 Å². The summed E-state index contributed by atoms with van der Waals surface area (Å²) in [5.74, 6) is 0. The van der Waals surface area contributed by atoms with Gasteiger partial charge in [0.1, 0.15) is 0 Å². The maximum Gasteiger partial charge on any atom is 0.0759 e. The topological polar surface area (TPSA) is 37.8 Å². The Morgan fingerprint density at radius 2 is 2.42 bits per heavy atom. The van der Waals surface area contributed by atoms with Gasteiger partial charge in [-0.3, -0.25) is 9.97 Å². The molecule has 2 rings (SSSR count). The lowest BCUT2D eigenvalue weighted by molar-refractivity contribution is 0.622. The van der Waals surface area contributed by atoms with E-state index in [-0.39, 0.29) is 0 Å². The van der Waals surface area contributed by atoms with E-state index in [2.05, 4.69) is 15.3 Å².